The Morgan fingerprint density at radius 2 is 2.29 bits per heavy atom. The lowest BCUT2D eigenvalue weighted by Gasteiger charge is -2.17. The molecular formula is C15H21ClN2O3. The molecule has 116 valence electrons. The largest absolute Gasteiger partial charge is 0.496 e. The van der Waals surface area contributed by atoms with E-state index in [1.165, 1.54) is 5.56 Å². The number of nitrogens with one attached hydrogen (secondary N) is 2. The van der Waals surface area contributed by atoms with Gasteiger partial charge < -0.3 is 20.5 Å². The molecule has 1 heterocycles. The highest BCUT2D eigenvalue weighted by atomic mass is 35.5. The second-order valence-electron chi connectivity index (χ2n) is 5.48. The summed E-state index contributed by atoms with van der Waals surface area (Å²) >= 11 is 0. The fraction of sp³-hybridized carbons (Fsp3) is 0.533. The van der Waals surface area contributed by atoms with Crippen LogP contribution in [0.2, 0.25) is 0 Å². The van der Waals surface area contributed by atoms with Crippen molar-refractivity contribution in [2.75, 3.05) is 13.7 Å². The number of aliphatic hydroxyl groups is 1. The van der Waals surface area contributed by atoms with Gasteiger partial charge in [-0.25, -0.2) is 0 Å². The first kappa shape index (κ1) is 16.1. The lowest BCUT2D eigenvalue weighted by atomic mass is 10.1. The van der Waals surface area contributed by atoms with Crippen LogP contribution in [0.15, 0.2) is 18.2 Å². The number of hydrogen-bond donors (Lipinski definition) is 3. The van der Waals surface area contributed by atoms with Gasteiger partial charge in [-0.1, -0.05) is 12.1 Å². The Bertz CT molecular complexity index is 524. The van der Waals surface area contributed by atoms with Crippen molar-refractivity contribution in [2.45, 2.75) is 37.5 Å². The number of methoxy groups -OCH3 is 1. The summed E-state index contributed by atoms with van der Waals surface area (Å²) in [6, 6.07) is 5.73. The molecule has 5 nitrogen and oxygen atoms in total. The SMILES string of the molecule is COc1cccc2c1CCC2NC(=O)C1CC(O)CN1.Cl. The molecule has 1 saturated heterocycles. The van der Waals surface area contributed by atoms with E-state index in [1.54, 1.807) is 7.11 Å². The highest BCUT2D eigenvalue weighted by molar-refractivity contribution is 5.85. The van der Waals surface area contributed by atoms with E-state index in [4.69, 9.17) is 4.74 Å². The second kappa shape index (κ2) is 6.64. The number of aliphatic hydroxyl groups excluding tert-OH is 1. The standard InChI is InChI=1S/C15H20N2O3.ClH/c1-20-14-4-2-3-10-11(14)5-6-12(10)17-15(19)13-7-9(18)8-16-13;/h2-4,9,12-13,16,18H,5-8H2,1H3,(H,17,19);1H. The summed E-state index contributed by atoms with van der Waals surface area (Å²) in [7, 11) is 1.67. The molecule has 0 saturated carbocycles. The van der Waals surface area contributed by atoms with Crippen LogP contribution >= 0.6 is 12.4 Å². The summed E-state index contributed by atoms with van der Waals surface area (Å²) in [5, 5.41) is 15.6. The lowest BCUT2D eigenvalue weighted by Crippen LogP contribution is -2.41. The van der Waals surface area contributed by atoms with Crippen LogP contribution in [-0.2, 0) is 11.2 Å². The van der Waals surface area contributed by atoms with Crippen molar-refractivity contribution in [3.8, 4) is 5.75 Å². The van der Waals surface area contributed by atoms with Crippen LogP contribution < -0.4 is 15.4 Å². The van der Waals surface area contributed by atoms with E-state index in [0.717, 1.165) is 24.2 Å². The van der Waals surface area contributed by atoms with E-state index >= 15 is 0 Å². The average Bonchev–Trinajstić information content (AvgIpc) is 3.05. The smallest absolute Gasteiger partial charge is 0.237 e. The molecule has 1 aliphatic heterocycles. The van der Waals surface area contributed by atoms with Crippen LogP contribution in [0.1, 0.15) is 30.0 Å². The van der Waals surface area contributed by atoms with Gasteiger partial charge in [0.15, 0.2) is 0 Å². The van der Waals surface area contributed by atoms with Crippen LogP contribution in [0.3, 0.4) is 0 Å². The molecule has 1 amide bonds. The van der Waals surface area contributed by atoms with Crippen LogP contribution in [0.25, 0.3) is 0 Å². The molecule has 21 heavy (non-hydrogen) atoms. The number of ether oxygens (including phenoxy) is 1. The number of rotatable bonds is 3. The van der Waals surface area contributed by atoms with E-state index in [9.17, 15) is 9.90 Å². The maximum atomic E-state index is 12.2. The first-order valence-corrected chi connectivity index (χ1v) is 7.06. The molecule has 3 atom stereocenters. The third-order valence-electron chi connectivity index (χ3n) is 4.19. The number of carbonyl (C=O) groups is 1. The number of halogens is 1. The Morgan fingerprint density at radius 3 is 2.95 bits per heavy atom. The lowest BCUT2D eigenvalue weighted by molar-refractivity contribution is -0.123. The van der Waals surface area contributed by atoms with Crippen LogP contribution in [-0.4, -0.2) is 36.8 Å². The van der Waals surface area contributed by atoms with E-state index in [-0.39, 0.29) is 30.4 Å². The Labute approximate surface area is 130 Å². The van der Waals surface area contributed by atoms with Gasteiger partial charge in [-0.15, -0.1) is 12.4 Å². The van der Waals surface area contributed by atoms with Gasteiger partial charge in [0, 0.05) is 6.54 Å². The van der Waals surface area contributed by atoms with Gasteiger partial charge >= 0.3 is 0 Å². The number of amides is 1. The molecule has 3 N–H and O–H groups in total. The summed E-state index contributed by atoms with van der Waals surface area (Å²) in [6.07, 6.45) is 1.90. The Kier molecular flexibility index (Phi) is 5.08. The molecule has 3 rings (SSSR count). The maximum absolute atomic E-state index is 12.2. The summed E-state index contributed by atoms with van der Waals surface area (Å²) in [5.74, 6) is 0.871. The molecule has 2 aliphatic rings. The zero-order valence-electron chi connectivity index (χ0n) is 12.0. The fourth-order valence-electron chi connectivity index (χ4n) is 3.15. The Hall–Kier alpha value is -1.30. The molecule has 3 unspecified atom stereocenters. The maximum Gasteiger partial charge on any atom is 0.237 e. The monoisotopic (exact) mass is 312 g/mol. The third kappa shape index (κ3) is 3.15. The zero-order valence-corrected chi connectivity index (χ0v) is 12.8. The second-order valence-corrected chi connectivity index (χ2v) is 5.48. The average molecular weight is 313 g/mol. The molecule has 1 aliphatic carbocycles. The summed E-state index contributed by atoms with van der Waals surface area (Å²) in [5.41, 5.74) is 2.34. The molecule has 1 aromatic rings. The van der Waals surface area contributed by atoms with Crippen molar-refractivity contribution < 1.29 is 14.6 Å². The number of hydrogen-bond acceptors (Lipinski definition) is 4. The van der Waals surface area contributed by atoms with Crippen molar-refractivity contribution >= 4 is 18.3 Å². The van der Waals surface area contributed by atoms with Crippen LogP contribution in [0.5, 0.6) is 5.75 Å². The van der Waals surface area contributed by atoms with E-state index in [0.29, 0.717) is 13.0 Å². The minimum absolute atomic E-state index is 0. The fourth-order valence-corrected chi connectivity index (χ4v) is 3.15. The van der Waals surface area contributed by atoms with Crippen molar-refractivity contribution in [1.29, 1.82) is 0 Å². The highest BCUT2D eigenvalue weighted by Gasteiger charge is 2.32. The predicted molar refractivity (Wildman–Crippen MR) is 81.9 cm³/mol. The highest BCUT2D eigenvalue weighted by Crippen LogP contribution is 2.36. The van der Waals surface area contributed by atoms with Gasteiger partial charge in [-0.05, 0) is 36.5 Å². The number of β-amino-alcohol motifs (C(OH)–C–C–N with tert-alkyl or cyclic N) is 1. The number of benzene rings is 1. The molecule has 0 radical (unpaired) electrons. The van der Waals surface area contributed by atoms with Crippen molar-refractivity contribution in [2.24, 2.45) is 0 Å². The van der Waals surface area contributed by atoms with Crippen LogP contribution in [0, 0.1) is 0 Å². The molecule has 1 fully saturated rings. The van der Waals surface area contributed by atoms with E-state index in [2.05, 4.69) is 10.6 Å². The van der Waals surface area contributed by atoms with Crippen molar-refractivity contribution in [3.05, 3.63) is 29.3 Å². The summed E-state index contributed by atoms with van der Waals surface area (Å²) in [6.45, 7) is 0.493. The predicted octanol–water partition coefficient (Wildman–Crippen LogP) is 0.943. The topological polar surface area (TPSA) is 70.6 Å². The van der Waals surface area contributed by atoms with E-state index in [1.807, 2.05) is 18.2 Å². The summed E-state index contributed by atoms with van der Waals surface area (Å²) in [4.78, 5) is 12.2. The van der Waals surface area contributed by atoms with Gasteiger partial charge in [0.25, 0.3) is 0 Å². The number of carbonyl (C=O) groups excluding carboxylic acids is 1. The summed E-state index contributed by atoms with van der Waals surface area (Å²) < 4.78 is 5.37. The molecule has 0 bridgehead atoms. The quantitative estimate of drug-likeness (QED) is 0.777. The van der Waals surface area contributed by atoms with Crippen molar-refractivity contribution in [3.63, 3.8) is 0 Å². The van der Waals surface area contributed by atoms with Gasteiger partial charge in [0.05, 0.1) is 25.3 Å². The van der Waals surface area contributed by atoms with Crippen LogP contribution in [0.4, 0.5) is 0 Å². The van der Waals surface area contributed by atoms with E-state index < -0.39 is 6.10 Å². The molecule has 1 aromatic carbocycles. The molecular weight excluding hydrogens is 292 g/mol. The molecule has 6 heteroatoms. The Balaban J connectivity index is 0.00000161. The Morgan fingerprint density at radius 1 is 1.48 bits per heavy atom. The number of fused-ring (bicyclic) bond motifs is 1. The normalized spacial score (nSPS) is 26.9. The van der Waals surface area contributed by atoms with Crippen molar-refractivity contribution in [1.82, 2.24) is 10.6 Å². The minimum atomic E-state index is -0.415. The zero-order chi connectivity index (χ0) is 14.1. The first-order valence-electron chi connectivity index (χ1n) is 7.06. The molecule has 0 spiro atoms. The minimum Gasteiger partial charge on any atom is -0.496 e. The van der Waals surface area contributed by atoms with Gasteiger partial charge in [-0.2, -0.15) is 0 Å². The van der Waals surface area contributed by atoms with Gasteiger partial charge in [0.1, 0.15) is 5.75 Å². The molecule has 0 aromatic heterocycles. The first-order chi connectivity index (χ1) is 9.69. The third-order valence-corrected chi connectivity index (χ3v) is 4.19. The van der Waals surface area contributed by atoms with Gasteiger partial charge in [-0.3, -0.25) is 4.79 Å². The van der Waals surface area contributed by atoms with Gasteiger partial charge in [0.2, 0.25) is 5.91 Å².